The molecule has 0 aliphatic heterocycles. The largest absolute Gasteiger partial charge is 0.445 e. The van der Waals surface area contributed by atoms with Crippen molar-refractivity contribution in [1.82, 2.24) is 5.32 Å². The highest BCUT2D eigenvalue weighted by atomic mass is 16.5. The van der Waals surface area contributed by atoms with Crippen molar-refractivity contribution in [2.75, 3.05) is 0 Å². The lowest BCUT2D eigenvalue weighted by molar-refractivity contribution is 0.135. The molecule has 0 aromatic heterocycles. The zero-order chi connectivity index (χ0) is 16.0. The van der Waals surface area contributed by atoms with Crippen LogP contribution < -0.4 is 5.32 Å². The fraction of sp³-hybridized carbons (Fsp3) is 0.526. The summed E-state index contributed by atoms with van der Waals surface area (Å²) in [6.45, 7) is 6.29. The van der Waals surface area contributed by atoms with E-state index < -0.39 is 0 Å². The molecular weight excluding hydrogens is 274 g/mol. The Morgan fingerprint density at radius 3 is 2.64 bits per heavy atom. The molecule has 0 bridgehead atoms. The van der Waals surface area contributed by atoms with Crippen LogP contribution in [0, 0.1) is 0 Å². The molecule has 0 heterocycles. The lowest BCUT2D eigenvalue weighted by Gasteiger charge is -2.17. The molecule has 0 aliphatic carbocycles. The molecule has 1 atom stereocenters. The fourth-order valence-corrected chi connectivity index (χ4v) is 2.38. The summed E-state index contributed by atoms with van der Waals surface area (Å²) in [5.74, 6) is 0. The average Bonchev–Trinajstić information content (AvgIpc) is 2.54. The van der Waals surface area contributed by atoms with Gasteiger partial charge in [0.1, 0.15) is 6.61 Å². The van der Waals surface area contributed by atoms with E-state index in [0.717, 1.165) is 24.8 Å². The summed E-state index contributed by atoms with van der Waals surface area (Å²) in [5, 5.41) is 2.95. The predicted octanol–water partition coefficient (Wildman–Crippen LogP) is 5.22. The van der Waals surface area contributed by atoms with Gasteiger partial charge in [-0.05, 0) is 18.4 Å². The van der Waals surface area contributed by atoms with Gasteiger partial charge in [0.15, 0.2) is 0 Å². The van der Waals surface area contributed by atoms with Crippen LogP contribution >= 0.6 is 0 Å². The van der Waals surface area contributed by atoms with Gasteiger partial charge >= 0.3 is 6.09 Å². The number of ether oxygens (including phenoxy) is 1. The fourth-order valence-electron chi connectivity index (χ4n) is 2.38. The van der Waals surface area contributed by atoms with E-state index in [4.69, 9.17) is 4.74 Å². The molecule has 1 unspecified atom stereocenters. The van der Waals surface area contributed by atoms with Crippen molar-refractivity contribution in [2.45, 2.75) is 64.5 Å². The molecule has 1 aromatic carbocycles. The van der Waals surface area contributed by atoms with Gasteiger partial charge in [-0.3, -0.25) is 0 Å². The highest BCUT2D eigenvalue weighted by molar-refractivity contribution is 5.67. The number of hydrogen-bond acceptors (Lipinski definition) is 2. The number of amides is 1. The van der Waals surface area contributed by atoms with Crippen LogP contribution in [0.3, 0.4) is 0 Å². The molecule has 0 fully saturated rings. The van der Waals surface area contributed by atoms with Crippen LogP contribution in [0.4, 0.5) is 4.79 Å². The Balaban J connectivity index is 2.25. The molecule has 0 saturated carbocycles. The van der Waals surface area contributed by atoms with Gasteiger partial charge in [0.25, 0.3) is 0 Å². The molecule has 22 heavy (non-hydrogen) atoms. The smallest absolute Gasteiger partial charge is 0.407 e. The summed E-state index contributed by atoms with van der Waals surface area (Å²) in [6, 6.07) is 9.84. The number of alkyl carbamates (subject to hydrolysis) is 1. The molecule has 1 aromatic rings. The molecule has 0 radical (unpaired) electrons. The van der Waals surface area contributed by atoms with Gasteiger partial charge in [-0.25, -0.2) is 4.79 Å². The van der Waals surface area contributed by atoms with Crippen LogP contribution in [0.5, 0.6) is 0 Å². The van der Waals surface area contributed by atoms with E-state index in [9.17, 15) is 4.79 Å². The first-order valence-corrected chi connectivity index (χ1v) is 8.34. The van der Waals surface area contributed by atoms with E-state index in [1.165, 1.54) is 25.7 Å². The summed E-state index contributed by atoms with van der Waals surface area (Å²) >= 11 is 0. The van der Waals surface area contributed by atoms with Crippen molar-refractivity contribution in [2.24, 2.45) is 0 Å². The molecule has 0 spiro atoms. The maximum Gasteiger partial charge on any atom is 0.407 e. The third-order valence-electron chi connectivity index (χ3n) is 3.64. The predicted molar refractivity (Wildman–Crippen MR) is 91.7 cm³/mol. The third kappa shape index (κ3) is 8.50. The van der Waals surface area contributed by atoms with Gasteiger partial charge in [0.2, 0.25) is 0 Å². The Morgan fingerprint density at radius 1 is 1.23 bits per heavy atom. The lowest BCUT2D eigenvalue weighted by atomic mass is 10.0. The second-order valence-corrected chi connectivity index (χ2v) is 5.63. The monoisotopic (exact) mass is 303 g/mol. The van der Waals surface area contributed by atoms with Gasteiger partial charge in [-0.2, -0.15) is 0 Å². The molecule has 0 saturated heterocycles. The van der Waals surface area contributed by atoms with E-state index in [1.54, 1.807) is 0 Å². The molecular formula is C19H29NO2. The van der Waals surface area contributed by atoms with Crippen LogP contribution in [0.1, 0.15) is 57.4 Å². The zero-order valence-electron chi connectivity index (χ0n) is 13.7. The normalized spacial score (nSPS) is 11.7. The van der Waals surface area contributed by atoms with Gasteiger partial charge in [0.05, 0.1) is 0 Å². The van der Waals surface area contributed by atoms with Gasteiger partial charge in [-0.15, -0.1) is 6.58 Å². The molecule has 3 heteroatoms. The number of unbranched alkanes of at least 4 members (excludes halogenated alkanes) is 4. The summed E-state index contributed by atoms with van der Waals surface area (Å²) in [6.07, 6.45) is 9.46. The third-order valence-corrected chi connectivity index (χ3v) is 3.64. The van der Waals surface area contributed by atoms with E-state index in [2.05, 4.69) is 18.8 Å². The van der Waals surface area contributed by atoms with Crippen molar-refractivity contribution in [3.8, 4) is 0 Å². The minimum Gasteiger partial charge on any atom is -0.445 e. The molecule has 0 aliphatic rings. The Kier molecular flexibility index (Phi) is 9.84. The molecule has 1 rings (SSSR count). The molecule has 1 amide bonds. The number of carbonyl (C=O) groups excluding carboxylic acids is 1. The maximum absolute atomic E-state index is 11.9. The summed E-state index contributed by atoms with van der Waals surface area (Å²) in [7, 11) is 0. The van der Waals surface area contributed by atoms with Crippen molar-refractivity contribution < 1.29 is 9.53 Å². The number of benzene rings is 1. The van der Waals surface area contributed by atoms with Crippen molar-refractivity contribution in [3.05, 3.63) is 48.6 Å². The molecule has 122 valence electrons. The standard InChI is InChI=1S/C19H29NO2/c1-3-5-6-7-11-15-18(12-4-2)20-19(21)22-16-17-13-9-8-10-14-17/h4,8-10,13-14,18H,2-3,5-7,11-12,15-16H2,1H3,(H,20,21). The summed E-state index contributed by atoms with van der Waals surface area (Å²) in [5.41, 5.74) is 0.998. The number of rotatable bonds is 11. The quantitative estimate of drug-likeness (QED) is 0.449. The SMILES string of the molecule is C=CCC(CCCCCCC)NC(=O)OCc1ccccc1. The Labute approximate surface area is 134 Å². The minimum atomic E-state index is -0.343. The Hall–Kier alpha value is -1.77. The van der Waals surface area contributed by atoms with Gasteiger partial charge in [-0.1, -0.05) is 75.4 Å². The zero-order valence-corrected chi connectivity index (χ0v) is 13.7. The maximum atomic E-state index is 11.9. The average molecular weight is 303 g/mol. The number of nitrogens with one attached hydrogen (secondary N) is 1. The van der Waals surface area contributed by atoms with Gasteiger partial charge < -0.3 is 10.1 Å². The van der Waals surface area contributed by atoms with E-state index in [0.29, 0.717) is 6.61 Å². The van der Waals surface area contributed by atoms with Crippen LogP contribution in [0.2, 0.25) is 0 Å². The first-order chi connectivity index (χ1) is 10.8. The first-order valence-electron chi connectivity index (χ1n) is 8.34. The van der Waals surface area contributed by atoms with Crippen LogP contribution in [0.15, 0.2) is 43.0 Å². The second-order valence-electron chi connectivity index (χ2n) is 5.63. The second kappa shape index (κ2) is 11.8. The van der Waals surface area contributed by atoms with Crippen LogP contribution in [-0.2, 0) is 11.3 Å². The topological polar surface area (TPSA) is 38.3 Å². The highest BCUT2D eigenvalue weighted by Gasteiger charge is 2.11. The van der Waals surface area contributed by atoms with Gasteiger partial charge in [0, 0.05) is 6.04 Å². The van der Waals surface area contributed by atoms with E-state index in [1.807, 2.05) is 36.4 Å². The highest BCUT2D eigenvalue weighted by Crippen LogP contribution is 2.10. The number of carbonyl (C=O) groups is 1. The molecule has 1 N–H and O–H groups in total. The first kappa shape index (κ1) is 18.3. The van der Waals surface area contributed by atoms with Crippen molar-refractivity contribution >= 4 is 6.09 Å². The van der Waals surface area contributed by atoms with E-state index in [-0.39, 0.29) is 12.1 Å². The Morgan fingerprint density at radius 2 is 1.95 bits per heavy atom. The summed E-state index contributed by atoms with van der Waals surface area (Å²) in [4.78, 5) is 11.9. The van der Waals surface area contributed by atoms with Crippen LogP contribution in [0.25, 0.3) is 0 Å². The van der Waals surface area contributed by atoms with E-state index >= 15 is 0 Å². The van der Waals surface area contributed by atoms with Crippen molar-refractivity contribution in [1.29, 1.82) is 0 Å². The summed E-state index contributed by atoms with van der Waals surface area (Å²) < 4.78 is 5.27. The lowest BCUT2D eigenvalue weighted by Crippen LogP contribution is -2.34. The molecule has 3 nitrogen and oxygen atoms in total. The number of hydrogen-bond donors (Lipinski definition) is 1. The van der Waals surface area contributed by atoms with Crippen LogP contribution in [-0.4, -0.2) is 12.1 Å². The Bertz CT molecular complexity index is 417. The minimum absolute atomic E-state index is 0.127. The van der Waals surface area contributed by atoms with Crippen molar-refractivity contribution in [3.63, 3.8) is 0 Å².